The summed E-state index contributed by atoms with van der Waals surface area (Å²) in [6.07, 6.45) is 4.52. The van der Waals surface area contributed by atoms with Gasteiger partial charge in [0, 0.05) is 30.5 Å². The molecule has 0 aliphatic heterocycles. The van der Waals surface area contributed by atoms with Crippen molar-refractivity contribution < 1.29 is 29.3 Å². The normalized spacial score (nSPS) is 48.6. The first-order valence-electron chi connectivity index (χ1n) is 17.3. The van der Waals surface area contributed by atoms with Crippen molar-refractivity contribution in [3.05, 3.63) is 29.8 Å². The fourth-order valence-electron chi connectivity index (χ4n) is 12.3. The lowest BCUT2D eigenvalue weighted by Gasteiger charge is -2.73. The van der Waals surface area contributed by atoms with Crippen molar-refractivity contribution in [2.24, 2.45) is 56.2 Å². The molecule has 0 saturated heterocycles. The van der Waals surface area contributed by atoms with E-state index in [2.05, 4.69) is 46.9 Å². The fourth-order valence-corrected chi connectivity index (χ4v) is 12.3. The predicted octanol–water partition coefficient (Wildman–Crippen LogP) is 6.45. The van der Waals surface area contributed by atoms with E-state index in [-0.39, 0.29) is 45.9 Å². The number of aldehydes is 1. The van der Waals surface area contributed by atoms with Gasteiger partial charge in [-0.1, -0.05) is 53.7 Å². The van der Waals surface area contributed by atoms with E-state index in [1.165, 1.54) is 0 Å². The lowest BCUT2D eigenvalue weighted by Crippen LogP contribution is -2.71. The number of carbonyl (C=O) groups excluding carboxylic acids is 3. The van der Waals surface area contributed by atoms with Crippen LogP contribution in [0, 0.1) is 56.2 Å². The molecule has 248 valence electrons. The van der Waals surface area contributed by atoms with Crippen molar-refractivity contribution in [3.8, 4) is 0 Å². The second kappa shape index (κ2) is 10.4. The van der Waals surface area contributed by atoms with Gasteiger partial charge in [0.2, 0.25) is 0 Å². The number of aliphatic hydroxyl groups is 2. The van der Waals surface area contributed by atoms with Crippen LogP contribution in [0.15, 0.2) is 24.3 Å². The van der Waals surface area contributed by atoms with E-state index in [1.54, 1.807) is 19.2 Å². The van der Waals surface area contributed by atoms with Crippen molar-refractivity contribution in [2.75, 3.05) is 12.4 Å². The van der Waals surface area contributed by atoms with Crippen molar-refractivity contribution in [1.29, 1.82) is 0 Å². The molecule has 0 spiro atoms. The Bertz CT molecular complexity index is 1390. The van der Waals surface area contributed by atoms with Crippen LogP contribution in [0.25, 0.3) is 0 Å². The average molecular weight is 622 g/mol. The molecule has 0 heterocycles. The second-order valence-corrected chi connectivity index (χ2v) is 17.6. The molecule has 6 rings (SSSR count). The number of esters is 1. The van der Waals surface area contributed by atoms with Crippen LogP contribution in [0.5, 0.6) is 0 Å². The molecule has 5 saturated carbocycles. The largest absolute Gasteiger partial charge is 0.458 e. The quantitative estimate of drug-likeness (QED) is 0.261. The molecule has 0 radical (unpaired) electrons. The van der Waals surface area contributed by atoms with Crippen LogP contribution in [0.3, 0.4) is 0 Å². The highest BCUT2D eigenvalue weighted by atomic mass is 16.5. The van der Waals surface area contributed by atoms with E-state index in [0.29, 0.717) is 42.9 Å². The van der Waals surface area contributed by atoms with Crippen LogP contribution >= 0.6 is 0 Å². The minimum Gasteiger partial charge on any atom is -0.458 e. The number of aliphatic hydroxyl groups excluding tert-OH is 2. The summed E-state index contributed by atoms with van der Waals surface area (Å²) in [6, 6.07) is 7.15. The predicted molar refractivity (Wildman–Crippen MR) is 173 cm³/mol. The van der Waals surface area contributed by atoms with Crippen molar-refractivity contribution in [3.63, 3.8) is 0 Å². The molecule has 3 N–H and O–H groups in total. The lowest BCUT2D eigenvalue weighted by molar-refractivity contribution is -0.265. The smallest absolute Gasteiger partial charge is 0.340 e. The van der Waals surface area contributed by atoms with E-state index < -0.39 is 34.4 Å². The van der Waals surface area contributed by atoms with Crippen molar-refractivity contribution in [2.45, 2.75) is 118 Å². The van der Waals surface area contributed by atoms with Gasteiger partial charge < -0.3 is 25.1 Å². The molecule has 0 bridgehead atoms. The Balaban J connectivity index is 1.35. The number of rotatable bonds is 4. The first-order valence-corrected chi connectivity index (χ1v) is 17.3. The third-order valence-corrected chi connectivity index (χ3v) is 15.4. The van der Waals surface area contributed by atoms with Gasteiger partial charge in [-0.05, 0) is 103 Å². The SMILES string of the molecule is CNc1ccccc1C(=O)O[C@H]1C[C@]2(C)[C@@H](O)C[C@]3(C)[C@H](C(=O)C[C@@H]4[C@@]5(C)CC[C@@H](O)C(C)(C)[C@H]5CC[C@]43C)[C@@H]2C[C@@]1(C)C=O. The van der Waals surface area contributed by atoms with Gasteiger partial charge in [0.05, 0.1) is 23.2 Å². The first kappa shape index (κ1) is 32.7. The molecule has 7 nitrogen and oxygen atoms in total. The summed E-state index contributed by atoms with van der Waals surface area (Å²) in [5.74, 6) is -0.222. The number of carbonyl (C=O) groups is 3. The standard InChI is InChI=1S/C38H55NO6/c1-33(2)26-13-16-37(6)27(35(26,4)15-14-28(33)42)17-25(41)31-23-18-34(3,21-40)30(20-36(23,5)29(43)19-38(31,37)7)45-32(44)22-11-9-10-12-24(22)39-8/h9-12,21,23,26-31,39,42-43H,13-20H2,1-8H3/t23-,26+,27+,28+,29-,30-,31-,34-,35-,36-,37+,38+/m0/s1. The van der Waals surface area contributed by atoms with Gasteiger partial charge in [-0.25, -0.2) is 4.79 Å². The van der Waals surface area contributed by atoms with Gasteiger partial charge in [-0.3, -0.25) is 4.79 Å². The maximum absolute atomic E-state index is 14.7. The summed E-state index contributed by atoms with van der Waals surface area (Å²) in [7, 11) is 1.75. The fraction of sp³-hybridized carbons (Fsp3) is 0.763. The molecule has 5 fully saturated rings. The summed E-state index contributed by atoms with van der Waals surface area (Å²) >= 11 is 0. The highest BCUT2D eigenvalue weighted by molar-refractivity contribution is 5.95. The minimum absolute atomic E-state index is 0.0715. The number of Topliss-reactive ketones (excluding diaryl/α,β-unsaturated/α-hetero) is 1. The highest BCUT2D eigenvalue weighted by Gasteiger charge is 2.74. The van der Waals surface area contributed by atoms with Crippen LogP contribution < -0.4 is 5.32 Å². The average Bonchev–Trinajstić information content (AvgIpc) is 2.98. The molecule has 12 atom stereocenters. The molecule has 1 aromatic rings. The number of hydrogen-bond acceptors (Lipinski definition) is 7. The van der Waals surface area contributed by atoms with Gasteiger partial charge in [0.25, 0.3) is 0 Å². The Morgan fingerprint density at radius 3 is 2.24 bits per heavy atom. The third-order valence-electron chi connectivity index (χ3n) is 15.4. The topological polar surface area (TPSA) is 113 Å². The van der Waals surface area contributed by atoms with Crippen LogP contribution in [-0.2, 0) is 14.3 Å². The summed E-state index contributed by atoms with van der Waals surface area (Å²) in [5, 5.41) is 26.2. The zero-order valence-corrected chi connectivity index (χ0v) is 28.6. The van der Waals surface area contributed by atoms with Gasteiger partial charge in [-0.2, -0.15) is 0 Å². The van der Waals surface area contributed by atoms with Crippen molar-refractivity contribution in [1.82, 2.24) is 0 Å². The molecule has 0 amide bonds. The maximum Gasteiger partial charge on any atom is 0.340 e. The number of ketones is 1. The number of benzene rings is 1. The Morgan fingerprint density at radius 1 is 0.889 bits per heavy atom. The van der Waals surface area contributed by atoms with E-state index >= 15 is 0 Å². The number of anilines is 1. The summed E-state index contributed by atoms with van der Waals surface area (Å²) in [6.45, 7) is 15.3. The van der Waals surface area contributed by atoms with Crippen LogP contribution in [-0.4, -0.2) is 53.6 Å². The Kier molecular flexibility index (Phi) is 7.53. The van der Waals surface area contributed by atoms with Crippen molar-refractivity contribution >= 4 is 23.7 Å². The van der Waals surface area contributed by atoms with Gasteiger partial charge in [-0.15, -0.1) is 0 Å². The maximum atomic E-state index is 14.7. The highest BCUT2D eigenvalue weighted by Crippen LogP contribution is 2.76. The van der Waals surface area contributed by atoms with E-state index in [9.17, 15) is 24.6 Å². The van der Waals surface area contributed by atoms with Crippen LogP contribution in [0.2, 0.25) is 0 Å². The second-order valence-electron chi connectivity index (χ2n) is 17.6. The molecule has 5 aliphatic carbocycles. The van der Waals surface area contributed by atoms with Crippen LogP contribution in [0.1, 0.15) is 110 Å². The number of para-hydroxylation sites is 1. The number of fused-ring (bicyclic) bond motifs is 7. The van der Waals surface area contributed by atoms with E-state index in [4.69, 9.17) is 4.74 Å². The lowest BCUT2D eigenvalue weighted by atomic mass is 9.31. The molecule has 0 unspecified atom stereocenters. The molecule has 7 heteroatoms. The van der Waals surface area contributed by atoms with E-state index in [1.807, 2.05) is 19.1 Å². The Hall–Kier alpha value is -2.25. The zero-order chi connectivity index (χ0) is 33.0. The van der Waals surface area contributed by atoms with Crippen LogP contribution in [0.4, 0.5) is 5.69 Å². The summed E-state index contributed by atoms with van der Waals surface area (Å²) < 4.78 is 6.16. The van der Waals surface area contributed by atoms with Gasteiger partial charge >= 0.3 is 5.97 Å². The molecule has 0 aromatic heterocycles. The third kappa shape index (κ3) is 4.31. The summed E-state index contributed by atoms with van der Waals surface area (Å²) in [4.78, 5) is 41.1. The van der Waals surface area contributed by atoms with Gasteiger partial charge in [0.15, 0.2) is 0 Å². The number of ether oxygens (including phenoxy) is 1. The zero-order valence-electron chi connectivity index (χ0n) is 28.6. The molecular weight excluding hydrogens is 566 g/mol. The monoisotopic (exact) mass is 621 g/mol. The first-order chi connectivity index (χ1) is 20.9. The summed E-state index contributed by atoms with van der Waals surface area (Å²) in [5.41, 5.74) is -1.51. The number of hydrogen-bond donors (Lipinski definition) is 3. The Morgan fingerprint density at radius 2 is 1.58 bits per heavy atom. The molecular formula is C38H55NO6. The van der Waals surface area contributed by atoms with Gasteiger partial charge in [0.1, 0.15) is 18.2 Å². The molecule has 45 heavy (non-hydrogen) atoms. The molecule has 1 aromatic carbocycles. The van der Waals surface area contributed by atoms with E-state index in [0.717, 1.165) is 32.0 Å². The minimum atomic E-state index is -0.988. The molecule has 5 aliphatic rings. The number of nitrogens with one attached hydrogen (secondary N) is 1. The Labute approximate surface area is 269 Å².